The van der Waals surface area contributed by atoms with Gasteiger partial charge in [0.25, 0.3) is 17.5 Å². The molecule has 0 saturated heterocycles. The number of hydrogen-bond acceptors (Lipinski definition) is 6. The van der Waals surface area contributed by atoms with Crippen LogP contribution in [-0.4, -0.2) is 34.2 Å². The van der Waals surface area contributed by atoms with Crippen molar-refractivity contribution in [2.45, 2.75) is 18.7 Å². The number of rotatable bonds is 10. The van der Waals surface area contributed by atoms with Crippen molar-refractivity contribution in [3.8, 4) is 0 Å². The van der Waals surface area contributed by atoms with Crippen LogP contribution in [0, 0.1) is 10.1 Å². The minimum atomic E-state index is -0.858. The third-order valence-electron chi connectivity index (χ3n) is 4.88. The molecule has 174 valence electrons. The molecule has 0 aromatic heterocycles. The van der Waals surface area contributed by atoms with Gasteiger partial charge in [0.05, 0.1) is 10.6 Å². The fourth-order valence-electron chi connectivity index (χ4n) is 2.99. The van der Waals surface area contributed by atoms with Crippen molar-refractivity contribution < 1.29 is 14.5 Å². The molecule has 0 aliphatic rings. The van der Waals surface area contributed by atoms with Gasteiger partial charge in [0.15, 0.2) is 0 Å². The highest BCUT2D eigenvalue weighted by Crippen LogP contribution is 2.15. The molecule has 2 N–H and O–H groups in total. The molecule has 0 saturated carbocycles. The van der Waals surface area contributed by atoms with Crippen LogP contribution in [0.4, 0.5) is 5.69 Å². The summed E-state index contributed by atoms with van der Waals surface area (Å²) in [5.74, 6) is 0.0363. The average molecular weight is 477 g/mol. The molecule has 0 heterocycles. The van der Waals surface area contributed by atoms with Gasteiger partial charge in [-0.05, 0) is 30.2 Å². The fraction of sp³-hybridized carbons (Fsp3) is 0.160. The summed E-state index contributed by atoms with van der Waals surface area (Å²) in [5, 5.41) is 17.7. The van der Waals surface area contributed by atoms with E-state index in [1.54, 1.807) is 6.92 Å². The van der Waals surface area contributed by atoms with Gasteiger partial charge in [-0.2, -0.15) is 16.9 Å². The number of amides is 2. The van der Waals surface area contributed by atoms with Crippen LogP contribution >= 0.6 is 11.8 Å². The van der Waals surface area contributed by atoms with E-state index >= 15 is 0 Å². The van der Waals surface area contributed by atoms with Crippen LogP contribution in [-0.2, 0) is 10.5 Å². The van der Waals surface area contributed by atoms with E-state index in [0.29, 0.717) is 17.2 Å². The second kappa shape index (κ2) is 12.3. The van der Waals surface area contributed by atoms with Crippen LogP contribution in [0.25, 0.3) is 0 Å². The number of nitrogens with zero attached hydrogens (tertiary/aromatic N) is 2. The summed E-state index contributed by atoms with van der Waals surface area (Å²) in [6.07, 6.45) is 0. The molecule has 0 aliphatic carbocycles. The molecule has 0 fully saturated rings. The molecule has 3 rings (SSSR count). The zero-order valence-corrected chi connectivity index (χ0v) is 19.3. The summed E-state index contributed by atoms with van der Waals surface area (Å²) in [7, 11) is 0. The molecule has 3 aromatic carbocycles. The van der Waals surface area contributed by atoms with E-state index in [1.807, 2.05) is 60.7 Å². The second-order valence-electron chi connectivity index (χ2n) is 7.37. The van der Waals surface area contributed by atoms with E-state index in [2.05, 4.69) is 15.8 Å². The Hall–Kier alpha value is -3.98. The Kier molecular flexibility index (Phi) is 8.93. The number of hydrazone groups is 1. The van der Waals surface area contributed by atoms with Crippen LogP contribution in [0.1, 0.15) is 28.4 Å². The van der Waals surface area contributed by atoms with E-state index in [1.165, 1.54) is 36.0 Å². The van der Waals surface area contributed by atoms with Gasteiger partial charge in [0.2, 0.25) is 0 Å². The van der Waals surface area contributed by atoms with Crippen LogP contribution in [0.3, 0.4) is 0 Å². The van der Waals surface area contributed by atoms with E-state index in [0.717, 1.165) is 11.1 Å². The number of nitro benzene ring substituents is 1. The van der Waals surface area contributed by atoms with Crippen LogP contribution in [0.5, 0.6) is 0 Å². The summed E-state index contributed by atoms with van der Waals surface area (Å²) >= 11 is 1.50. The molecule has 34 heavy (non-hydrogen) atoms. The molecule has 1 atom stereocenters. The zero-order valence-electron chi connectivity index (χ0n) is 18.5. The number of hydrogen-bond donors (Lipinski definition) is 2. The molecule has 0 radical (unpaired) electrons. The third kappa shape index (κ3) is 7.28. The van der Waals surface area contributed by atoms with Gasteiger partial charge in [-0.3, -0.25) is 19.7 Å². The predicted molar refractivity (Wildman–Crippen MR) is 134 cm³/mol. The highest BCUT2D eigenvalue weighted by molar-refractivity contribution is 7.98. The lowest BCUT2D eigenvalue weighted by molar-refractivity contribution is -0.384. The highest BCUT2D eigenvalue weighted by atomic mass is 32.2. The summed E-state index contributed by atoms with van der Waals surface area (Å²) in [6.45, 7) is 1.78. The molecule has 3 aromatic rings. The van der Waals surface area contributed by atoms with Crippen LogP contribution in [0.15, 0.2) is 90.0 Å². The maximum atomic E-state index is 12.9. The lowest BCUT2D eigenvalue weighted by Gasteiger charge is -2.17. The quantitative estimate of drug-likeness (QED) is 0.259. The van der Waals surface area contributed by atoms with E-state index in [9.17, 15) is 19.7 Å². The number of carbonyl (C=O) groups excluding carboxylic acids is 2. The standard InChI is InChI=1S/C25H24N4O4S/c1-18(20-10-6-3-7-11-20)27-28-25(31)23(17-34-16-19-8-4-2-5-9-19)26-24(30)21-12-14-22(15-13-21)29(32)33/h2-15,23H,16-17H2,1H3,(H,26,30)(H,28,31)/b27-18+. The van der Waals surface area contributed by atoms with Gasteiger partial charge < -0.3 is 5.32 Å². The largest absolute Gasteiger partial charge is 0.339 e. The van der Waals surface area contributed by atoms with E-state index < -0.39 is 22.8 Å². The highest BCUT2D eigenvalue weighted by Gasteiger charge is 2.22. The fourth-order valence-corrected chi connectivity index (χ4v) is 4.01. The Morgan fingerprint density at radius 3 is 2.18 bits per heavy atom. The van der Waals surface area contributed by atoms with Gasteiger partial charge in [-0.25, -0.2) is 5.43 Å². The van der Waals surface area contributed by atoms with Crippen molar-refractivity contribution in [1.82, 2.24) is 10.7 Å². The average Bonchev–Trinajstić information content (AvgIpc) is 2.87. The van der Waals surface area contributed by atoms with Crippen molar-refractivity contribution >= 4 is 35.0 Å². The van der Waals surface area contributed by atoms with Crippen LogP contribution < -0.4 is 10.7 Å². The summed E-state index contributed by atoms with van der Waals surface area (Å²) in [4.78, 5) is 35.9. The first-order valence-electron chi connectivity index (χ1n) is 10.5. The topological polar surface area (TPSA) is 114 Å². The Morgan fingerprint density at radius 2 is 1.56 bits per heavy atom. The Balaban J connectivity index is 1.69. The molecular formula is C25H24N4O4S. The molecule has 0 spiro atoms. The molecule has 1 unspecified atom stereocenters. The molecule has 2 amide bonds. The lowest BCUT2D eigenvalue weighted by Crippen LogP contribution is -2.47. The third-order valence-corrected chi connectivity index (χ3v) is 5.99. The molecule has 8 nitrogen and oxygen atoms in total. The van der Waals surface area contributed by atoms with Gasteiger partial charge in [-0.1, -0.05) is 60.7 Å². The Labute approximate surface area is 201 Å². The number of non-ortho nitro benzene ring substituents is 1. The SMILES string of the molecule is C/C(=N\NC(=O)C(CSCc1ccccc1)NC(=O)c1ccc([N+](=O)[O-])cc1)c1ccccc1. The molecule has 0 aliphatic heterocycles. The number of benzene rings is 3. The number of nitrogens with one attached hydrogen (secondary N) is 2. The molecular weight excluding hydrogens is 452 g/mol. The van der Waals surface area contributed by atoms with Gasteiger partial charge in [-0.15, -0.1) is 0 Å². The normalized spacial score (nSPS) is 12.0. The predicted octanol–water partition coefficient (Wildman–Crippen LogP) is 4.17. The van der Waals surface area contributed by atoms with Gasteiger partial charge in [0.1, 0.15) is 6.04 Å². The minimum absolute atomic E-state index is 0.116. The molecule has 9 heteroatoms. The number of nitro groups is 1. The summed E-state index contributed by atoms with van der Waals surface area (Å²) in [5.41, 5.74) is 5.25. The summed E-state index contributed by atoms with van der Waals surface area (Å²) in [6, 6.07) is 23.6. The van der Waals surface area contributed by atoms with Crippen molar-refractivity contribution in [2.24, 2.45) is 5.10 Å². The smallest absolute Gasteiger partial charge is 0.269 e. The second-order valence-corrected chi connectivity index (χ2v) is 8.40. The van der Waals surface area contributed by atoms with Crippen molar-refractivity contribution in [1.29, 1.82) is 0 Å². The monoisotopic (exact) mass is 476 g/mol. The van der Waals surface area contributed by atoms with Crippen molar-refractivity contribution in [3.05, 3.63) is 112 Å². The first-order valence-corrected chi connectivity index (χ1v) is 11.7. The lowest BCUT2D eigenvalue weighted by atomic mass is 10.1. The van der Waals surface area contributed by atoms with Crippen molar-refractivity contribution in [3.63, 3.8) is 0 Å². The van der Waals surface area contributed by atoms with Gasteiger partial charge in [0, 0.05) is 29.2 Å². The first-order chi connectivity index (χ1) is 16.4. The Morgan fingerprint density at radius 1 is 0.941 bits per heavy atom. The molecule has 0 bridgehead atoms. The Bertz CT molecular complexity index is 1150. The van der Waals surface area contributed by atoms with Gasteiger partial charge >= 0.3 is 0 Å². The number of carbonyl (C=O) groups is 2. The van der Waals surface area contributed by atoms with E-state index in [4.69, 9.17) is 0 Å². The maximum Gasteiger partial charge on any atom is 0.269 e. The summed E-state index contributed by atoms with van der Waals surface area (Å²) < 4.78 is 0. The minimum Gasteiger partial charge on any atom is -0.339 e. The van der Waals surface area contributed by atoms with E-state index in [-0.39, 0.29) is 11.3 Å². The van der Waals surface area contributed by atoms with Crippen LogP contribution in [0.2, 0.25) is 0 Å². The first kappa shape index (κ1) is 24.7. The number of thioether (sulfide) groups is 1. The van der Waals surface area contributed by atoms with Crippen molar-refractivity contribution in [2.75, 3.05) is 5.75 Å². The maximum absolute atomic E-state index is 12.9. The zero-order chi connectivity index (χ0) is 24.3.